The Kier molecular flexibility index (Phi) is 4.70. The Hall–Kier alpha value is -1.14. The van der Waals surface area contributed by atoms with Gasteiger partial charge >= 0.3 is 0 Å². The van der Waals surface area contributed by atoms with Crippen LogP contribution in [-0.4, -0.2) is 34.0 Å². The molecule has 0 heterocycles. The van der Waals surface area contributed by atoms with E-state index < -0.39 is 9.84 Å². The Morgan fingerprint density at radius 1 is 1.44 bits per heavy atom. The van der Waals surface area contributed by atoms with Gasteiger partial charge in [0.2, 0.25) is 0 Å². The summed E-state index contributed by atoms with van der Waals surface area (Å²) < 4.78 is 36.0. The highest BCUT2D eigenvalue weighted by Crippen LogP contribution is 2.21. The summed E-state index contributed by atoms with van der Waals surface area (Å²) in [5, 5.41) is 0. The fourth-order valence-corrected chi connectivity index (χ4v) is 2.14. The van der Waals surface area contributed by atoms with Gasteiger partial charge in [-0.1, -0.05) is 6.07 Å². The number of sulfone groups is 1. The van der Waals surface area contributed by atoms with Gasteiger partial charge in [-0.15, -0.1) is 0 Å². The first-order chi connectivity index (χ1) is 8.20. The number of halogens is 1. The summed E-state index contributed by atoms with van der Waals surface area (Å²) in [6, 6.07) is 4.53. The van der Waals surface area contributed by atoms with Crippen LogP contribution in [0.25, 0.3) is 0 Å². The average molecular weight is 274 g/mol. The first kappa shape index (κ1) is 14.9. The number of hydrogen-bond donors (Lipinski definition) is 1. The van der Waals surface area contributed by atoms with Crippen molar-refractivity contribution in [3.63, 3.8) is 0 Å². The molecule has 0 bridgehead atoms. The molecule has 0 radical (unpaired) electrons. The Morgan fingerprint density at radius 3 is 2.50 bits per heavy atom. The highest BCUT2D eigenvalue weighted by molar-refractivity contribution is 7.90. The normalized spacial score (nSPS) is 13.4. The van der Waals surface area contributed by atoms with E-state index in [9.17, 15) is 12.8 Å². The summed E-state index contributed by atoms with van der Waals surface area (Å²) in [6.45, 7) is 2.04. The number of anilines is 1. The van der Waals surface area contributed by atoms with Crippen molar-refractivity contribution >= 4 is 15.5 Å². The van der Waals surface area contributed by atoms with Gasteiger partial charge < -0.3 is 10.6 Å². The topological polar surface area (TPSA) is 63.4 Å². The maximum absolute atomic E-state index is 13.8. The van der Waals surface area contributed by atoms with E-state index in [0.717, 1.165) is 6.26 Å². The molecule has 0 aliphatic heterocycles. The van der Waals surface area contributed by atoms with Gasteiger partial charge in [-0.25, -0.2) is 12.8 Å². The molecule has 1 aromatic rings. The molecule has 4 nitrogen and oxygen atoms in total. The van der Waals surface area contributed by atoms with E-state index in [1.807, 2.05) is 0 Å². The summed E-state index contributed by atoms with van der Waals surface area (Å²) >= 11 is 0. The lowest BCUT2D eigenvalue weighted by Crippen LogP contribution is -2.25. The van der Waals surface area contributed by atoms with Crippen LogP contribution in [0.2, 0.25) is 0 Å². The SMILES string of the molecule is C[C@H](N)c1ccc(N(C)CCS(C)(=O)=O)c(F)c1. The first-order valence-corrected chi connectivity index (χ1v) is 7.70. The van der Waals surface area contributed by atoms with Crippen molar-refractivity contribution in [2.24, 2.45) is 5.73 Å². The lowest BCUT2D eigenvalue weighted by atomic mass is 10.1. The lowest BCUT2D eigenvalue weighted by molar-refractivity contribution is 0.598. The summed E-state index contributed by atoms with van der Waals surface area (Å²) in [6.07, 6.45) is 1.16. The number of benzene rings is 1. The van der Waals surface area contributed by atoms with Crippen LogP contribution >= 0.6 is 0 Å². The molecular weight excluding hydrogens is 255 g/mol. The molecule has 0 saturated carbocycles. The molecule has 102 valence electrons. The van der Waals surface area contributed by atoms with E-state index >= 15 is 0 Å². The Bertz CT molecular complexity index is 515. The number of hydrogen-bond acceptors (Lipinski definition) is 4. The molecule has 0 saturated heterocycles. The third-order valence-electron chi connectivity index (χ3n) is 2.71. The molecule has 1 rings (SSSR count). The minimum Gasteiger partial charge on any atom is -0.371 e. The second-order valence-electron chi connectivity index (χ2n) is 4.55. The van der Waals surface area contributed by atoms with Gasteiger partial charge in [0.15, 0.2) is 0 Å². The van der Waals surface area contributed by atoms with Crippen molar-refractivity contribution in [2.75, 3.05) is 30.5 Å². The van der Waals surface area contributed by atoms with Crippen LogP contribution in [0.1, 0.15) is 18.5 Å². The largest absolute Gasteiger partial charge is 0.371 e. The standard InChI is InChI=1S/C12H19FN2O2S/c1-9(14)10-4-5-12(11(13)8-10)15(2)6-7-18(3,16)17/h4-5,8-9H,6-7,14H2,1-3H3/t9-/m0/s1. The van der Waals surface area contributed by atoms with E-state index in [4.69, 9.17) is 5.73 Å². The minimum atomic E-state index is -3.05. The van der Waals surface area contributed by atoms with Crippen LogP contribution in [0.15, 0.2) is 18.2 Å². The second-order valence-corrected chi connectivity index (χ2v) is 6.81. The number of nitrogens with two attached hydrogens (primary N) is 1. The maximum atomic E-state index is 13.8. The van der Waals surface area contributed by atoms with Crippen molar-refractivity contribution in [3.05, 3.63) is 29.6 Å². The van der Waals surface area contributed by atoms with Gasteiger partial charge in [0.1, 0.15) is 15.7 Å². The highest BCUT2D eigenvalue weighted by Gasteiger charge is 2.12. The summed E-state index contributed by atoms with van der Waals surface area (Å²) in [4.78, 5) is 1.58. The predicted octanol–water partition coefficient (Wildman–Crippen LogP) is 1.33. The van der Waals surface area contributed by atoms with E-state index in [-0.39, 0.29) is 24.2 Å². The van der Waals surface area contributed by atoms with Gasteiger partial charge in [0.25, 0.3) is 0 Å². The Morgan fingerprint density at radius 2 is 2.06 bits per heavy atom. The second kappa shape index (κ2) is 5.67. The van der Waals surface area contributed by atoms with Gasteiger partial charge in [0.05, 0.1) is 11.4 Å². The third kappa shape index (κ3) is 4.27. The van der Waals surface area contributed by atoms with Crippen LogP contribution in [-0.2, 0) is 9.84 Å². The third-order valence-corrected chi connectivity index (χ3v) is 3.63. The summed E-state index contributed by atoms with van der Waals surface area (Å²) in [5.74, 6) is -0.390. The average Bonchev–Trinajstić information content (AvgIpc) is 2.24. The van der Waals surface area contributed by atoms with Crippen LogP contribution in [0.3, 0.4) is 0 Å². The van der Waals surface area contributed by atoms with Gasteiger partial charge in [-0.3, -0.25) is 0 Å². The molecular formula is C12H19FN2O2S. The molecule has 0 aliphatic carbocycles. The molecule has 0 spiro atoms. The van der Waals surface area contributed by atoms with Crippen molar-refractivity contribution in [1.29, 1.82) is 0 Å². The van der Waals surface area contributed by atoms with Crippen molar-refractivity contribution in [1.82, 2.24) is 0 Å². The molecule has 0 amide bonds. The van der Waals surface area contributed by atoms with Gasteiger partial charge in [0, 0.05) is 25.9 Å². The Labute approximate surface area is 108 Å². The van der Waals surface area contributed by atoms with Crippen LogP contribution in [0.5, 0.6) is 0 Å². The monoisotopic (exact) mass is 274 g/mol. The minimum absolute atomic E-state index is 0.00200. The van der Waals surface area contributed by atoms with E-state index in [0.29, 0.717) is 11.3 Å². The van der Waals surface area contributed by atoms with Crippen molar-refractivity contribution < 1.29 is 12.8 Å². The van der Waals surface area contributed by atoms with Crippen molar-refractivity contribution in [3.8, 4) is 0 Å². The zero-order chi connectivity index (χ0) is 13.9. The fourth-order valence-electron chi connectivity index (χ4n) is 1.54. The molecule has 1 aromatic carbocycles. The van der Waals surface area contributed by atoms with Crippen LogP contribution < -0.4 is 10.6 Å². The molecule has 0 unspecified atom stereocenters. The van der Waals surface area contributed by atoms with Crippen LogP contribution in [0, 0.1) is 5.82 Å². The molecule has 2 N–H and O–H groups in total. The summed E-state index contributed by atoms with van der Waals surface area (Å²) in [7, 11) is -1.38. The van der Waals surface area contributed by atoms with Crippen molar-refractivity contribution in [2.45, 2.75) is 13.0 Å². The zero-order valence-corrected chi connectivity index (χ0v) is 11.7. The molecule has 0 fully saturated rings. The maximum Gasteiger partial charge on any atom is 0.149 e. The molecule has 0 aliphatic rings. The quantitative estimate of drug-likeness (QED) is 0.879. The zero-order valence-electron chi connectivity index (χ0n) is 10.9. The predicted molar refractivity (Wildman–Crippen MR) is 72.0 cm³/mol. The Balaban J connectivity index is 2.84. The molecule has 6 heteroatoms. The molecule has 1 atom stereocenters. The number of nitrogens with zero attached hydrogens (tertiary/aromatic N) is 1. The van der Waals surface area contributed by atoms with Gasteiger partial charge in [-0.2, -0.15) is 0 Å². The number of rotatable bonds is 5. The highest BCUT2D eigenvalue weighted by atomic mass is 32.2. The van der Waals surface area contributed by atoms with E-state index in [1.54, 1.807) is 31.0 Å². The lowest BCUT2D eigenvalue weighted by Gasteiger charge is -2.20. The fraction of sp³-hybridized carbons (Fsp3) is 0.500. The van der Waals surface area contributed by atoms with Gasteiger partial charge in [-0.05, 0) is 24.6 Å². The van der Waals surface area contributed by atoms with Crippen LogP contribution in [0.4, 0.5) is 10.1 Å². The summed E-state index contributed by atoms with van der Waals surface area (Å²) in [5.41, 5.74) is 6.76. The molecule has 0 aromatic heterocycles. The molecule has 18 heavy (non-hydrogen) atoms. The van der Waals surface area contributed by atoms with E-state index in [1.165, 1.54) is 6.07 Å². The van der Waals surface area contributed by atoms with E-state index in [2.05, 4.69) is 0 Å². The first-order valence-electron chi connectivity index (χ1n) is 5.64. The smallest absolute Gasteiger partial charge is 0.149 e.